The van der Waals surface area contributed by atoms with E-state index < -0.39 is 16.0 Å². The first-order valence-electron chi connectivity index (χ1n) is 5.04. The number of pyridine rings is 1. The van der Waals surface area contributed by atoms with E-state index >= 15 is 0 Å². The molecule has 1 aliphatic rings. The molecule has 0 saturated carbocycles. The minimum Gasteiger partial charge on any atom is -0.478 e. The first-order chi connectivity index (χ1) is 7.89. The van der Waals surface area contributed by atoms with Gasteiger partial charge in [0.1, 0.15) is 0 Å². The number of carboxylic acid groups (broad SMARTS) is 1. The van der Waals surface area contributed by atoms with Crippen molar-refractivity contribution in [1.29, 1.82) is 0 Å². The highest BCUT2D eigenvalue weighted by molar-refractivity contribution is 7.88. The van der Waals surface area contributed by atoms with Gasteiger partial charge in [0.15, 0.2) is 0 Å². The first-order valence-corrected chi connectivity index (χ1v) is 6.88. The Bertz CT molecular complexity index is 568. The van der Waals surface area contributed by atoms with Gasteiger partial charge in [0.25, 0.3) is 0 Å². The third-order valence-electron chi connectivity index (χ3n) is 2.80. The molecule has 7 heteroatoms. The summed E-state index contributed by atoms with van der Waals surface area (Å²) in [5.74, 6) is -1.03. The number of aromatic nitrogens is 1. The molecule has 0 atom stereocenters. The number of aromatic carboxylic acids is 1. The van der Waals surface area contributed by atoms with E-state index in [0.29, 0.717) is 24.1 Å². The third-order valence-corrected chi connectivity index (χ3v) is 4.05. The average Bonchev–Trinajstić information content (AvgIpc) is 2.26. The molecule has 0 spiro atoms. The van der Waals surface area contributed by atoms with Gasteiger partial charge in [0, 0.05) is 25.5 Å². The van der Waals surface area contributed by atoms with Crippen LogP contribution in [0.5, 0.6) is 0 Å². The van der Waals surface area contributed by atoms with Crippen LogP contribution in [0.15, 0.2) is 12.4 Å². The summed E-state index contributed by atoms with van der Waals surface area (Å²) in [6, 6.07) is 0. The monoisotopic (exact) mass is 256 g/mol. The summed E-state index contributed by atoms with van der Waals surface area (Å²) in [7, 11) is -3.24. The number of nitrogens with zero attached hydrogens (tertiary/aromatic N) is 2. The lowest BCUT2D eigenvalue weighted by Crippen LogP contribution is -2.35. The largest absolute Gasteiger partial charge is 0.478 e. The Hall–Kier alpha value is -1.47. The number of carbonyl (C=O) groups is 1. The molecule has 0 saturated heterocycles. The Morgan fingerprint density at radius 1 is 1.47 bits per heavy atom. The highest BCUT2D eigenvalue weighted by Gasteiger charge is 2.26. The van der Waals surface area contributed by atoms with Gasteiger partial charge in [-0.1, -0.05) is 0 Å². The molecule has 2 heterocycles. The SMILES string of the molecule is CS(=O)(=O)N1CCc2c(cncc2C(=O)O)C1. The van der Waals surface area contributed by atoms with E-state index in [1.807, 2.05) is 0 Å². The summed E-state index contributed by atoms with van der Waals surface area (Å²) >= 11 is 0. The summed E-state index contributed by atoms with van der Waals surface area (Å²) in [5, 5.41) is 8.99. The molecule has 0 amide bonds. The lowest BCUT2D eigenvalue weighted by atomic mass is 9.98. The maximum absolute atomic E-state index is 11.4. The van der Waals surface area contributed by atoms with E-state index in [-0.39, 0.29) is 12.1 Å². The molecule has 0 bridgehead atoms. The van der Waals surface area contributed by atoms with E-state index in [1.165, 1.54) is 16.7 Å². The fourth-order valence-electron chi connectivity index (χ4n) is 1.94. The predicted molar refractivity (Wildman–Crippen MR) is 60.2 cm³/mol. The van der Waals surface area contributed by atoms with Gasteiger partial charge in [0.05, 0.1) is 11.8 Å². The minimum absolute atomic E-state index is 0.163. The van der Waals surface area contributed by atoms with E-state index in [4.69, 9.17) is 5.11 Å². The Labute approximate surface area is 98.9 Å². The lowest BCUT2D eigenvalue weighted by molar-refractivity contribution is 0.0694. The number of hydrogen-bond acceptors (Lipinski definition) is 4. The van der Waals surface area contributed by atoms with E-state index in [1.54, 1.807) is 0 Å². The van der Waals surface area contributed by atoms with Crippen molar-refractivity contribution in [3.8, 4) is 0 Å². The molecule has 0 radical (unpaired) electrons. The Kier molecular flexibility index (Phi) is 2.88. The van der Waals surface area contributed by atoms with Crippen molar-refractivity contribution in [2.45, 2.75) is 13.0 Å². The topological polar surface area (TPSA) is 87.6 Å². The number of hydrogen-bond donors (Lipinski definition) is 1. The predicted octanol–water partition coefficient (Wildman–Crippen LogP) is 0.0975. The molecule has 1 N–H and O–H groups in total. The van der Waals surface area contributed by atoms with E-state index in [0.717, 1.165) is 6.26 Å². The molecule has 1 aromatic heterocycles. The number of fused-ring (bicyclic) bond motifs is 1. The molecule has 2 rings (SSSR count). The fraction of sp³-hybridized carbons (Fsp3) is 0.400. The van der Waals surface area contributed by atoms with Gasteiger partial charge in [0.2, 0.25) is 10.0 Å². The van der Waals surface area contributed by atoms with Crippen molar-refractivity contribution >= 4 is 16.0 Å². The molecule has 0 aliphatic carbocycles. The standard InChI is InChI=1S/C10H12N2O4S/c1-17(15,16)12-3-2-8-7(6-12)4-11-5-9(8)10(13)14/h4-5H,2-3,6H2,1H3,(H,13,14). The molecule has 0 aromatic carbocycles. The van der Waals surface area contributed by atoms with Crippen LogP contribution in [-0.4, -0.2) is 41.6 Å². The van der Waals surface area contributed by atoms with Crippen molar-refractivity contribution < 1.29 is 18.3 Å². The van der Waals surface area contributed by atoms with Crippen LogP contribution in [0.3, 0.4) is 0 Å². The second-order valence-corrected chi connectivity index (χ2v) is 5.96. The zero-order chi connectivity index (χ0) is 12.6. The fourth-order valence-corrected chi connectivity index (χ4v) is 2.73. The molecule has 92 valence electrons. The van der Waals surface area contributed by atoms with Crippen LogP contribution in [0.25, 0.3) is 0 Å². The van der Waals surface area contributed by atoms with Crippen LogP contribution in [0.4, 0.5) is 0 Å². The van der Waals surface area contributed by atoms with Crippen LogP contribution in [0.1, 0.15) is 21.5 Å². The highest BCUT2D eigenvalue weighted by Crippen LogP contribution is 2.22. The van der Waals surface area contributed by atoms with Crippen molar-refractivity contribution in [3.63, 3.8) is 0 Å². The van der Waals surface area contributed by atoms with Crippen LogP contribution in [0.2, 0.25) is 0 Å². The maximum Gasteiger partial charge on any atom is 0.337 e. The number of rotatable bonds is 2. The van der Waals surface area contributed by atoms with Crippen LogP contribution in [-0.2, 0) is 23.0 Å². The van der Waals surface area contributed by atoms with E-state index in [9.17, 15) is 13.2 Å². The first kappa shape index (κ1) is 12.0. The number of carboxylic acids is 1. The Morgan fingerprint density at radius 3 is 2.76 bits per heavy atom. The zero-order valence-corrected chi connectivity index (χ0v) is 10.1. The molecule has 17 heavy (non-hydrogen) atoms. The molecule has 0 fully saturated rings. The molecular formula is C10H12N2O4S. The van der Waals surface area contributed by atoms with Crippen molar-refractivity contribution in [2.75, 3.05) is 12.8 Å². The molecule has 1 aliphatic heterocycles. The van der Waals surface area contributed by atoms with Gasteiger partial charge >= 0.3 is 5.97 Å². The molecule has 1 aromatic rings. The summed E-state index contributed by atoms with van der Waals surface area (Å²) in [6.07, 6.45) is 4.38. The quantitative estimate of drug-likeness (QED) is 0.810. The minimum atomic E-state index is -3.24. The van der Waals surface area contributed by atoms with Crippen LogP contribution in [0, 0.1) is 0 Å². The lowest BCUT2D eigenvalue weighted by Gasteiger charge is -2.27. The van der Waals surface area contributed by atoms with Gasteiger partial charge in [-0.3, -0.25) is 4.98 Å². The maximum atomic E-state index is 11.4. The zero-order valence-electron chi connectivity index (χ0n) is 9.25. The van der Waals surface area contributed by atoms with Gasteiger partial charge in [-0.25, -0.2) is 13.2 Å². The summed E-state index contributed by atoms with van der Waals surface area (Å²) in [6.45, 7) is 0.512. The molecule has 6 nitrogen and oxygen atoms in total. The Balaban J connectivity index is 2.41. The number of sulfonamides is 1. The van der Waals surface area contributed by atoms with Crippen molar-refractivity contribution in [1.82, 2.24) is 9.29 Å². The smallest absolute Gasteiger partial charge is 0.337 e. The van der Waals surface area contributed by atoms with Crippen LogP contribution < -0.4 is 0 Å². The van der Waals surface area contributed by atoms with Gasteiger partial charge in [-0.2, -0.15) is 4.31 Å². The third kappa shape index (κ3) is 2.29. The molecule has 0 unspecified atom stereocenters. The van der Waals surface area contributed by atoms with Crippen molar-refractivity contribution in [3.05, 3.63) is 29.1 Å². The van der Waals surface area contributed by atoms with Gasteiger partial charge in [-0.05, 0) is 17.5 Å². The normalized spacial score (nSPS) is 16.5. The van der Waals surface area contributed by atoms with Gasteiger partial charge in [-0.15, -0.1) is 0 Å². The highest BCUT2D eigenvalue weighted by atomic mass is 32.2. The Morgan fingerprint density at radius 2 is 2.18 bits per heavy atom. The molecular weight excluding hydrogens is 244 g/mol. The summed E-state index contributed by atoms with van der Waals surface area (Å²) in [5.41, 5.74) is 1.52. The summed E-state index contributed by atoms with van der Waals surface area (Å²) in [4.78, 5) is 14.8. The second kappa shape index (κ2) is 4.08. The summed E-state index contributed by atoms with van der Waals surface area (Å²) < 4.78 is 24.1. The second-order valence-electron chi connectivity index (χ2n) is 3.98. The van der Waals surface area contributed by atoms with Crippen LogP contribution >= 0.6 is 0 Å². The van der Waals surface area contributed by atoms with Gasteiger partial charge < -0.3 is 5.11 Å². The average molecular weight is 256 g/mol. The van der Waals surface area contributed by atoms with Crippen molar-refractivity contribution in [2.24, 2.45) is 0 Å². The van der Waals surface area contributed by atoms with E-state index in [2.05, 4.69) is 4.98 Å².